The minimum atomic E-state index is -4.50. The van der Waals surface area contributed by atoms with Crippen molar-refractivity contribution in [1.29, 1.82) is 0 Å². The topological polar surface area (TPSA) is 84.6 Å². The molecular weight excluding hydrogens is 391 g/mol. The third-order valence-electron chi connectivity index (χ3n) is 5.13. The highest BCUT2D eigenvalue weighted by Crippen LogP contribution is 2.43. The summed E-state index contributed by atoms with van der Waals surface area (Å²) in [6.07, 6.45) is -3.36. The van der Waals surface area contributed by atoms with Gasteiger partial charge in [0.05, 0.1) is 25.5 Å². The van der Waals surface area contributed by atoms with Crippen LogP contribution in [-0.2, 0) is 4.74 Å². The molecule has 0 radical (unpaired) electrons. The van der Waals surface area contributed by atoms with Crippen LogP contribution >= 0.6 is 0 Å². The Morgan fingerprint density at radius 2 is 2.14 bits per heavy atom. The molecule has 0 spiro atoms. The molecule has 2 aliphatic heterocycles. The molecule has 2 aromatic heterocycles. The fourth-order valence-corrected chi connectivity index (χ4v) is 3.60. The van der Waals surface area contributed by atoms with Gasteiger partial charge in [-0.1, -0.05) is 0 Å². The molecule has 0 bridgehead atoms. The number of ether oxygens (including phenoxy) is 1. The number of hydrogen-bond donors (Lipinski definition) is 2. The van der Waals surface area contributed by atoms with Crippen LogP contribution in [-0.4, -0.2) is 66.2 Å². The van der Waals surface area contributed by atoms with Crippen molar-refractivity contribution >= 4 is 11.7 Å². The van der Waals surface area contributed by atoms with Gasteiger partial charge >= 0.3 is 6.18 Å². The van der Waals surface area contributed by atoms with Crippen molar-refractivity contribution in [3.63, 3.8) is 0 Å². The molecule has 0 aliphatic carbocycles. The number of nitrogens with one attached hydrogen (secondary N) is 2. The Kier molecular flexibility index (Phi) is 5.50. The van der Waals surface area contributed by atoms with E-state index in [1.54, 1.807) is 12.1 Å². The average molecular weight is 413 g/mol. The molecule has 11 heteroatoms. The largest absolute Gasteiger partial charge is 0.467 e. The summed E-state index contributed by atoms with van der Waals surface area (Å²) in [6.45, 7) is 3.92. The van der Waals surface area contributed by atoms with Crippen LogP contribution in [0.3, 0.4) is 0 Å². The van der Waals surface area contributed by atoms with E-state index in [9.17, 15) is 18.0 Å². The number of morpholine rings is 1. The van der Waals surface area contributed by atoms with Gasteiger partial charge in [-0.05, 0) is 12.1 Å². The highest BCUT2D eigenvalue weighted by molar-refractivity contribution is 5.93. The van der Waals surface area contributed by atoms with E-state index in [0.29, 0.717) is 32.1 Å². The molecule has 158 valence electrons. The Bertz CT molecular complexity index is 830. The standard InChI is InChI=1S/C18H22F3N5O3/c19-18(20,21)15-10-12(14-2-1-7-29-14)23-16-11-13(24-26(15)16)17(27)22-3-4-25-5-8-28-9-6-25/h1-2,7,11-12,15,23H,3-6,8-10H2,(H,22,27)/t12-,15+/m0/s1. The van der Waals surface area contributed by atoms with Gasteiger partial charge in [0.25, 0.3) is 5.91 Å². The van der Waals surface area contributed by atoms with E-state index in [4.69, 9.17) is 9.15 Å². The fraction of sp³-hybridized carbons (Fsp3) is 0.556. The fourth-order valence-electron chi connectivity index (χ4n) is 3.60. The van der Waals surface area contributed by atoms with Gasteiger partial charge in [0.15, 0.2) is 11.7 Å². The van der Waals surface area contributed by atoms with Crippen molar-refractivity contribution in [1.82, 2.24) is 20.0 Å². The van der Waals surface area contributed by atoms with Crippen molar-refractivity contribution in [2.45, 2.75) is 24.7 Å². The predicted octanol–water partition coefficient (Wildman–Crippen LogP) is 2.20. The quantitative estimate of drug-likeness (QED) is 0.782. The van der Waals surface area contributed by atoms with Crippen molar-refractivity contribution in [3.8, 4) is 0 Å². The third-order valence-corrected chi connectivity index (χ3v) is 5.13. The second kappa shape index (κ2) is 8.07. The molecule has 1 fully saturated rings. The molecule has 2 atom stereocenters. The number of aromatic nitrogens is 2. The number of amides is 1. The first-order valence-electron chi connectivity index (χ1n) is 9.46. The minimum Gasteiger partial charge on any atom is -0.467 e. The van der Waals surface area contributed by atoms with Gasteiger partial charge in [-0.3, -0.25) is 9.69 Å². The number of carbonyl (C=O) groups excluding carboxylic acids is 1. The van der Waals surface area contributed by atoms with E-state index in [2.05, 4.69) is 20.6 Å². The summed E-state index contributed by atoms with van der Waals surface area (Å²) in [5.74, 6) is 0.0407. The summed E-state index contributed by atoms with van der Waals surface area (Å²) in [7, 11) is 0. The number of anilines is 1. The predicted molar refractivity (Wildman–Crippen MR) is 96.6 cm³/mol. The molecule has 1 amide bonds. The molecule has 2 aliphatic rings. The SMILES string of the molecule is O=C(NCCN1CCOCC1)c1cc2n(n1)[C@@H](C(F)(F)F)C[C@@H](c1ccco1)N2. The number of carbonyl (C=O) groups is 1. The number of halogens is 3. The molecule has 2 aromatic rings. The maximum atomic E-state index is 13.6. The van der Waals surface area contributed by atoms with Crippen molar-refractivity contribution in [3.05, 3.63) is 35.9 Å². The average Bonchev–Trinajstić information content (AvgIpc) is 3.37. The van der Waals surface area contributed by atoms with Gasteiger partial charge in [-0.2, -0.15) is 18.3 Å². The molecule has 0 unspecified atom stereocenters. The molecule has 2 N–H and O–H groups in total. The molecule has 4 heterocycles. The molecule has 1 saturated heterocycles. The van der Waals surface area contributed by atoms with Crippen LogP contribution in [0.1, 0.15) is 34.8 Å². The van der Waals surface area contributed by atoms with Crippen LogP contribution < -0.4 is 10.6 Å². The van der Waals surface area contributed by atoms with Crippen LogP contribution in [0.25, 0.3) is 0 Å². The van der Waals surface area contributed by atoms with E-state index in [1.807, 2.05) is 0 Å². The highest BCUT2D eigenvalue weighted by Gasteiger charge is 2.47. The lowest BCUT2D eigenvalue weighted by atomic mass is 10.0. The number of nitrogens with zero attached hydrogens (tertiary/aromatic N) is 3. The molecule has 0 aromatic carbocycles. The number of rotatable bonds is 5. The molecule has 29 heavy (non-hydrogen) atoms. The Hall–Kier alpha value is -2.53. The first-order chi connectivity index (χ1) is 13.9. The summed E-state index contributed by atoms with van der Waals surface area (Å²) in [5.41, 5.74) is -0.0520. The highest BCUT2D eigenvalue weighted by atomic mass is 19.4. The van der Waals surface area contributed by atoms with Gasteiger partial charge in [0.2, 0.25) is 0 Å². The summed E-state index contributed by atoms with van der Waals surface area (Å²) in [6, 6.07) is 2.09. The van der Waals surface area contributed by atoms with Crippen molar-refractivity contribution < 1.29 is 27.1 Å². The first-order valence-corrected chi connectivity index (χ1v) is 9.46. The zero-order chi connectivity index (χ0) is 20.4. The third kappa shape index (κ3) is 4.40. The normalized spacial score (nSPS) is 22.7. The lowest BCUT2D eigenvalue weighted by molar-refractivity contribution is -0.174. The Labute approximate surface area is 165 Å². The number of hydrogen-bond acceptors (Lipinski definition) is 6. The summed E-state index contributed by atoms with van der Waals surface area (Å²) in [4.78, 5) is 14.6. The molecule has 8 nitrogen and oxygen atoms in total. The van der Waals surface area contributed by atoms with Gasteiger partial charge in [0, 0.05) is 38.7 Å². The lowest BCUT2D eigenvalue weighted by Crippen LogP contribution is -2.41. The summed E-state index contributed by atoms with van der Waals surface area (Å²) < 4.78 is 52.2. The number of furan rings is 1. The van der Waals surface area contributed by atoms with Gasteiger partial charge in [-0.25, -0.2) is 4.68 Å². The van der Waals surface area contributed by atoms with Gasteiger partial charge in [-0.15, -0.1) is 0 Å². The van der Waals surface area contributed by atoms with E-state index in [-0.39, 0.29) is 17.9 Å². The monoisotopic (exact) mass is 413 g/mol. The second-order valence-corrected chi connectivity index (χ2v) is 7.07. The zero-order valence-electron chi connectivity index (χ0n) is 15.6. The number of fused-ring (bicyclic) bond motifs is 1. The van der Waals surface area contributed by atoms with Crippen LogP contribution in [0.5, 0.6) is 0 Å². The van der Waals surface area contributed by atoms with E-state index in [0.717, 1.165) is 17.8 Å². The van der Waals surface area contributed by atoms with Crippen molar-refractivity contribution in [2.24, 2.45) is 0 Å². The lowest BCUT2D eigenvalue weighted by Gasteiger charge is -2.32. The Balaban J connectivity index is 1.46. The van der Waals surface area contributed by atoms with E-state index >= 15 is 0 Å². The van der Waals surface area contributed by atoms with Crippen molar-refractivity contribution in [2.75, 3.05) is 44.7 Å². The van der Waals surface area contributed by atoms with E-state index < -0.39 is 24.2 Å². The van der Waals surface area contributed by atoms with Crippen LogP contribution in [0.15, 0.2) is 28.9 Å². The number of alkyl halides is 3. The second-order valence-electron chi connectivity index (χ2n) is 7.07. The zero-order valence-corrected chi connectivity index (χ0v) is 15.6. The molecular formula is C18H22F3N5O3. The van der Waals surface area contributed by atoms with Crippen LogP contribution in [0, 0.1) is 0 Å². The Morgan fingerprint density at radius 3 is 2.83 bits per heavy atom. The van der Waals surface area contributed by atoms with E-state index in [1.165, 1.54) is 12.3 Å². The maximum Gasteiger partial charge on any atom is 0.410 e. The van der Waals surface area contributed by atoms with Crippen LogP contribution in [0.2, 0.25) is 0 Å². The summed E-state index contributed by atoms with van der Waals surface area (Å²) >= 11 is 0. The van der Waals surface area contributed by atoms with Gasteiger partial charge < -0.3 is 19.8 Å². The first kappa shape index (κ1) is 19.8. The minimum absolute atomic E-state index is 0.0520. The van der Waals surface area contributed by atoms with Gasteiger partial charge in [0.1, 0.15) is 11.6 Å². The maximum absolute atomic E-state index is 13.6. The summed E-state index contributed by atoms with van der Waals surface area (Å²) in [5, 5.41) is 9.65. The Morgan fingerprint density at radius 1 is 1.34 bits per heavy atom. The smallest absolute Gasteiger partial charge is 0.410 e. The molecule has 0 saturated carbocycles. The van der Waals surface area contributed by atoms with Crippen LogP contribution in [0.4, 0.5) is 19.0 Å². The molecule has 4 rings (SSSR count).